The number of benzene rings is 1. The summed E-state index contributed by atoms with van der Waals surface area (Å²) in [5, 5.41) is 2.73. The van der Waals surface area contributed by atoms with Gasteiger partial charge in [-0.25, -0.2) is 9.18 Å². The van der Waals surface area contributed by atoms with Crippen molar-refractivity contribution in [3.8, 4) is 0 Å². The molecule has 0 radical (unpaired) electrons. The maximum Gasteiger partial charge on any atom is 0.322 e. The second kappa shape index (κ2) is 6.69. The van der Waals surface area contributed by atoms with Gasteiger partial charge in [0.15, 0.2) is 0 Å². The van der Waals surface area contributed by atoms with Crippen molar-refractivity contribution in [2.75, 3.05) is 18.4 Å². The molecular formula is C22H21FN4O2. The normalized spacial score (nSPS) is 22.4. The monoisotopic (exact) mass is 392 g/mol. The van der Waals surface area contributed by atoms with Gasteiger partial charge in [0, 0.05) is 30.5 Å². The largest absolute Gasteiger partial charge is 0.334 e. The molecular weight excluding hydrogens is 371 g/mol. The van der Waals surface area contributed by atoms with Crippen molar-refractivity contribution in [3.05, 3.63) is 65.2 Å². The van der Waals surface area contributed by atoms with Crippen LogP contribution in [0, 0.1) is 18.7 Å². The van der Waals surface area contributed by atoms with Crippen LogP contribution in [0.1, 0.15) is 23.1 Å². The zero-order valence-corrected chi connectivity index (χ0v) is 16.1. The van der Waals surface area contributed by atoms with Crippen LogP contribution in [-0.2, 0) is 11.3 Å². The van der Waals surface area contributed by atoms with Gasteiger partial charge in [-0.15, -0.1) is 0 Å². The standard InChI is InChI=1S/C22H21FN4O2/c1-13-4-14(9-24-8-13)19-7-18-6-15(19)11-27(18)21(28)12-26-10-16-5-17(23)2-3-20(16)25-22(26)29/h2-5,7-9,15,18H,6,10-12H2,1H3,(H,25,29)/t15-,18-/m0/s1. The number of pyridine rings is 1. The Morgan fingerprint density at radius 2 is 2.17 bits per heavy atom. The molecule has 1 aromatic heterocycles. The summed E-state index contributed by atoms with van der Waals surface area (Å²) in [5.41, 5.74) is 4.77. The number of rotatable bonds is 3. The van der Waals surface area contributed by atoms with Crippen LogP contribution >= 0.6 is 0 Å². The second-order valence-corrected chi connectivity index (χ2v) is 8.01. The molecule has 1 N–H and O–H groups in total. The lowest BCUT2D eigenvalue weighted by molar-refractivity contribution is -0.132. The summed E-state index contributed by atoms with van der Waals surface area (Å²) in [6, 6.07) is 6.11. The van der Waals surface area contributed by atoms with Gasteiger partial charge in [0.2, 0.25) is 5.91 Å². The smallest absolute Gasteiger partial charge is 0.322 e. The minimum Gasteiger partial charge on any atom is -0.334 e. The number of nitrogens with zero attached hydrogens (tertiary/aromatic N) is 3. The molecule has 2 aromatic rings. The maximum absolute atomic E-state index is 13.5. The fraction of sp³-hybridized carbons (Fsp3) is 0.318. The lowest BCUT2D eigenvalue weighted by atomic mass is 9.96. The number of carbonyl (C=O) groups is 2. The minimum atomic E-state index is -0.355. The second-order valence-electron chi connectivity index (χ2n) is 8.01. The highest BCUT2D eigenvalue weighted by Crippen LogP contribution is 2.42. The van der Waals surface area contributed by atoms with Gasteiger partial charge in [-0.3, -0.25) is 9.78 Å². The molecule has 1 fully saturated rings. The van der Waals surface area contributed by atoms with E-state index in [4.69, 9.17) is 0 Å². The fourth-order valence-electron chi connectivity index (χ4n) is 4.59. The fourth-order valence-corrected chi connectivity index (χ4v) is 4.59. The van der Waals surface area contributed by atoms with E-state index >= 15 is 0 Å². The number of aryl methyl sites for hydroxylation is 1. The number of anilines is 1. The van der Waals surface area contributed by atoms with E-state index < -0.39 is 0 Å². The van der Waals surface area contributed by atoms with Crippen molar-refractivity contribution < 1.29 is 14.0 Å². The molecule has 1 saturated heterocycles. The van der Waals surface area contributed by atoms with Gasteiger partial charge in [0.25, 0.3) is 0 Å². The summed E-state index contributed by atoms with van der Waals surface area (Å²) in [6.45, 7) is 2.89. The first kappa shape index (κ1) is 17.8. The number of carbonyl (C=O) groups excluding carboxylic acids is 2. The summed E-state index contributed by atoms with van der Waals surface area (Å²) >= 11 is 0. The molecule has 3 heterocycles. The average Bonchev–Trinajstić information content (AvgIpc) is 3.30. The van der Waals surface area contributed by atoms with Crippen molar-refractivity contribution in [2.24, 2.45) is 5.92 Å². The Morgan fingerprint density at radius 3 is 2.93 bits per heavy atom. The van der Waals surface area contributed by atoms with E-state index in [1.807, 2.05) is 24.2 Å². The number of hydrogen-bond acceptors (Lipinski definition) is 3. The molecule has 0 unspecified atom stereocenters. The summed E-state index contributed by atoms with van der Waals surface area (Å²) < 4.78 is 13.5. The van der Waals surface area contributed by atoms with Crippen LogP contribution in [0.2, 0.25) is 0 Å². The molecule has 6 nitrogen and oxygen atoms in total. The van der Waals surface area contributed by atoms with E-state index in [-0.39, 0.29) is 36.9 Å². The summed E-state index contributed by atoms with van der Waals surface area (Å²) in [5.74, 6) is -0.131. The Morgan fingerprint density at radius 1 is 1.31 bits per heavy atom. The highest BCUT2D eigenvalue weighted by molar-refractivity contribution is 5.95. The van der Waals surface area contributed by atoms with Crippen molar-refractivity contribution in [3.63, 3.8) is 0 Å². The molecule has 1 aliphatic carbocycles. The first-order valence-corrected chi connectivity index (χ1v) is 9.75. The predicted molar refractivity (Wildman–Crippen MR) is 106 cm³/mol. The van der Waals surface area contributed by atoms with Gasteiger partial charge in [-0.2, -0.15) is 0 Å². The molecule has 2 atom stereocenters. The van der Waals surface area contributed by atoms with Crippen molar-refractivity contribution in [1.29, 1.82) is 0 Å². The van der Waals surface area contributed by atoms with Gasteiger partial charge < -0.3 is 15.1 Å². The highest BCUT2D eigenvalue weighted by Gasteiger charge is 2.42. The summed E-state index contributed by atoms with van der Waals surface area (Å²) in [7, 11) is 0. The van der Waals surface area contributed by atoms with Crippen molar-refractivity contribution in [1.82, 2.24) is 14.8 Å². The molecule has 0 spiro atoms. The number of likely N-dealkylation sites (tertiary alicyclic amines) is 1. The van der Waals surface area contributed by atoms with Crippen LogP contribution < -0.4 is 5.32 Å². The van der Waals surface area contributed by atoms with Gasteiger partial charge in [-0.1, -0.05) is 6.08 Å². The van der Waals surface area contributed by atoms with Gasteiger partial charge in [0.1, 0.15) is 12.4 Å². The van der Waals surface area contributed by atoms with E-state index in [9.17, 15) is 14.0 Å². The number of amides is 3. The van der Waals surface area contributed by atoms with Crippen LogP contribution in [-0.4, -0.2) is 45.9 Å². The van der Waals surface area contributed by atoms with Crippen molar-refractivity contribution in [2.45, 2.75) is 25.9 Å². The third-order valence-electron chi connectivity index (χ3n) is 5.97. The van der Waals surface area contributed by atoms with Crippen LogP contribution in [0.15, 0.2) is 42.7 Å². The van der Waals surface area contributed by atoms with E-state index in [0.717, 1.165) is 17.5 Å². The SMILES string of the molecule is Cc1cncc(C2=C[C@@H]3C[C@H]2CN3C(=O)CN2Cc3cc(F)ccc3NC2=O)c1. The van der Waals surface area contributed by atoms with Crippen LogP contribution in [0.5, 0.6) is 0 Å². The zero-order chi connectivity index (χ0) is 20.1. The maximum atomic E-state index is 13.5. The minimum absolute atomic E-state index is 0.0137. The molecule has 29 heavy (non-hydrogen) atoms. The van der Waals surface area contributed by atoms with E-state index in [0.29, 0.717) is 23.7 Å². The lowest BCUT2D eigenvalue weighted by Crippen LogP contribution is -2.47. The molecule has 3 amide bonds. The van der Waals surface area contributed by atoms with Crippen LogP contribution in [0.4, 0.5) is 14.9 Å². The Hall–Kier alpha value is -3.22. The first-order valence-electron chi connectivity index (χ1n) is 9.75. The van der Waals surface area contributed by atoms with E-state index in [2.05, 4.69) is 22.4 Å². The topological polar surface area (TPSA) is 65.5 Å². The van der Waals surface area contributed by atoms with Gasteiger partial charge >= 0.3 is 6.03 Å². The molecule has 3 aliphatic rings. The number of hydrogen-bond donors (Lipinski definition) is 1. The third-order valence-corrected chi connectivity index (χ3v) is 5.97. The predicted octanol–water partition coefficient (Wildman–Crippen LogP) is 3.19. The molecule has 2 aliphatic heterocycles. The zero-order valence-electron chi connectivity index (χ0n) is 16.1. The molecule has 1 aromatic carbocycles. The Balaban J connectivity index is 1.29. The molecule has 0 saturated carbocycles. The Labute approximate surface area is 168 Å². The quantitative estimate of drug-likeness (QED) is 0.873. The Kier molecular flexibility index (Phi) is 4.12. The number of fused-ring (bicyclic) bond motifs is 3. The van der Waals surface area contributed by atoms with E-state index in [1.54, 1.807) is 6.07 Å². The van der Waals surface area contributed by atoms with Gasteiger partial charge in [0.05, 0.1) is 12.6 Å². The lowest BCUT2D eigenvalue weighted by Gasteiger charge is -2.32. The van der Waals surface area contributed by atoms with Crippen LogP contribution in [0.3, 0.4) is 0 Å². The summed E-state index contributed by atoms with van der Waals surface area (Å²) in [6.07, 6.45) is 6.78. The third kappa shape index (κ3) is 3.16. The molecule has 7 heteroatoms. The average molecular weight is 392 g/mol. The number of nitrogens with one attached hydrogen (secondary N) is 1. The number of urea groups is 1. The summed E-state index contributed by atoms with van der Waals surface area (Å²) in [4.78, 5) is 32.8. The van der Waals surface area contributed by atoms with Crippen molar-refractivity contribution >= 4 is 23.2 Å². The van der Waals surface area contributed by atoms with E-state index in [1.165, 1.54) is 22.6 Å². The molecule has 5 rings (SSSR count). The molecule has 148 valence electrons. The first-order chi connectivity index (χ1) is 14.0. The molecule has 2 bridgehead atoms. The highest BCUT2D eigenvalue weighted by atomic mass is 19.1. The number of aromatic nitrogens is 1. The van der Waals surface area contributed by atoms with Gasteiger partial charge in [-0.05, 0) is 59.9 Å². The number of halogens is 1. The van der Waals surface area contributed by atoms with Crippen LogP contribution in [0.25, 0.3) is 5.57 Å². The Bertz CT molecular complexity index is 1050.